The van der Waals surface area contributed by atoms with Crippen molar-refractivity contribution in [2.24, 2.45) is 5.92 Å². The van der Waals surface area contributed by atoms with E-state index in [1.807, 2.05) is 13.1 Å². The molecule has 23 heavy (non-hydrogen) atoms. The number of nitriles is 1. The number of rotatable bonds is 4. The lowest BCUT2D eigenvalue weighted by atomic mass is 9.83. The molecule has 3 atom stereocenters. The second-order valence-corrected chi connectivity index (χ2v) is 6.34. The Hall–Kier alpha value is -2.17. The van der Waals surface area contributed by atoms with Gasteiger partial charge in [0.05, 0.1) is 12.1 Å². The molecule has 1 aliphatic carbocycles. The van der Waals surface area contributed by atoms with Crippen LogP contribution in [0.25, 0.3) is 0 Å². The fraction of sp³-hybridized carbons (Fsp3) is 0.562. The van der Waals surface area contributed by atoms with Gasteiger partial charge in [-0.25, -0.2) is 4.98 Å². The van der Waals surface area contributed by atoms with Gasteiger partial charge in [-0.1, -0.05) is 0 Å². The van der Waals surface area contributed by atoms with Crippen LogP contribution >= 0.6 is 0 Å². The number of fused-ring (bicyclic) bond motifs is 1. The van der Waals surface area contributed by atoms with Crippen molar-refractivity contribution in [1.82, 2.24) is 21.2 Å². The van der Waals surface area contributed by atoms with Crippen LogP contribution in [0, 0.1) is 17.2 Å². The molecule has 1 aromatic rings. The molecule has 2 aliphatic rings. The molecule has 3 rings (SSSR count). The molecule has 0 spiro atoms. The van der Waals surface area contributed by atoms with Crippen LogP contribution in [-0.4, -0.2) is 43.1 Å². The van der Waals surface area contributed by atoms with Gasteiger partial charge in [-0.3, -0.25) is 15.6 Å². The van der Waals surface area contributed by atoms with Gasteiger partial charge in [-0.15, -0.1) is 0 Å². The molecule has 0 radical (unpaired) electrons. The lowest BCUT2D eigenvalue weighted by Crippen LogP contribution is -2.47. The van der Waals surface area contributed by atoms with Gasteiger partial charge in [0.2, 0.25) is 5.91 Å². The van der Waals surface area contributed by atoms with E-state index in [4.69, 9.17) is 5.26 Å². The molecule has 1 saturated heterocycles. The third kappa shape index (κ3) is 3.78. The molecule has 122 valence electrons. The number of nitrogens with zero attached hydrogens (tertiary/aromatic N) is 3. The number of aromatic nitrogens is 1. The number of carbonyl (C=O) groups is 1. The molecular formula is C16H22N6O. The third-order valence-corrected chi connectivity index (χ3v) is 4.66. The first-order valence-corrected chi connectivity index (χ1v) is 8.00. The minimum Gasteiger partial charge on any atom is -0.352 e. The van der Waals surface area contributed by atoms with Crippen molar-refractivity contribution in [3.8, 4) is 6.07 Å². The number of carbonyl (C=O) groups excluding carboxylic acids is 1. The van der Waals surface area contributed by atoms with Gasteiger partial charge in [0.1, 0.15) is 11.9 Å². The maximum absolute atomic E-state index is 12.2. The number of anilines is 1. The quantitative estimate of drug-likeness (QED) is 0.733. The normalized spacial score (nSPS) is 26.2. The number of amides is 1. The van der Waals surface area contributed by atoms with Gasteiger partial charge in [-0.05, 0) is 37.3 Å². The fourth-order valence-electron chi connectivity index (χ4n) is 3.35. The van der Waals surface area contributed by atoms with Crippen molar-refractivity contribution in [3.05, 3.63) is 23.9 Å². The number of hydrogen-bond donors (Lipinski definition) is 3. The SMILES string of the molecule is CN(CC(=O)NC1CCC2CNNC2C1)c1ccc(C#N)cn1. The highest BCUT2D eigenvalue weighted by atomic mass is 16.2. The van der Waals surface area contributed by atoms with E-state index in [0.717, 1.165) is 25.8 Å². The summed E-state index contributed by atoms with van der Waals surface area (Å²) in [6, 6.07) is 6.19. The van der Waals surface area contributed by atoms with Crippen LogP contribution in [0.5, 0.6) is 0 Å². The van der Waals surface area contributed by atoms with Crippen LogP contribution in [0.2, 0.25) is 0 Å². The zero-order chi connectivity index (χ0) is 16.2. The Kier molecular flexibility index (Phi) is 4.74. The molecule has 3 unspecified atom stereocenters. The van der Waals surface area contributed by atoms with Gasteiger partial charge >= 0.3 is 0 Å². The largest absolute Gasteiger partial charge is 0.352 e. The monoisotopic (exact) mass is 314 g/mol. The Morgan fingerprint density at radius 1 is 1.52 bits per heavy atom. The molecule has 0 bridgehead atoms. The minimum atomic E-state index is 0.00747. The van der Waals surface area contributed by atoms with E-state index in [-0.39, 0.29) is 18.5 Å². The molecule has 2 fully saturated rings. The molecule has 1 aromatic heterocycles. The highest BCUT2D eigenvalue weighted by Crippen LogP contribution is 2.26. The van der Waals surface area contributed by atoms with Gasteiger partial charge in [0, 0.05) is 31.9 Å². The average molecular weight is 314 g/mol. The van der Waals surface area contributed by atoms with Crippen LogP contribution < -0.4 is 21.1 Å². The predicted molar refractivity (Wildman–Crippen MR) is 86.4 cm³/mol. The topological polar surface area (TPSA) is 93.1 Å². The number of pyridine rings is 1. The van der Waals surface area contributed by atoms with Crippen LogP contribution in [0.3, 0.4) is 0 Å². The fourth-order valence-corrected chi connectivity index (χ4v) is 3.35. The standard InChI is InChI=1S/C16H22N6O/c1-22(15-5-2-11(7-17)8-18-15)10-16(23)20-13-4-3-12-9-19-21-14(12)6-13/h2,5,8,12-14,19,21H,3-4,6,9-10H2,1H3,(H,20,23). The molecule has 0 aromatic carbocycles. The third-order valence-electron chi connectivity index (χ3n) is 4.66. The molecule has 3 N–H and O–H groups in total. The first-order chi connectivity index (χ1) is 11.2. The smallest absolute Gasteiger partial charge is 0.239 e. The Balaban J connectivity index is 1.49. The second kappa shape index (κ2) is 6.94. The zero-order valence-corrected chi connectivity index (χ0v) is 13.2. The second-order valence-electron chi connectivity index (χ2n) is 6.34. The van der Waals surface area contributed by atoms with E-state index >= 15 is 0 Å². The summed E-state index contributed by atoms with van der Waals surface area (Å²) < 4.78 is 0. The maximum Gasteiger partial charge on any atom is 0.239 e. The van der Waals surface area contributed by atoms with Crippen molar-refractivity contribution in [1.29, 1.82) is 5.26 Å². The summed E-state index contributed by atoms with van der Waals surface area (Å²) in [6.07, 6.45) is 4.67. The summed E-state index contributed by atoms with van der Waals surface area (Å²) in [5, 5.41) is 11.9. The highest BCUT2D eigenvalue weighted by molar-refractivity contribution is 5.81. The number of nitrogens with one attached hydrogen (secondary N) is 3. The number of likely N-dealkylation sites (N-methyl/N-ethyl adjacent to an activating group) is 1. The Morgan fingerprint density at radius 2 is 2.39 bits per heavy atom. The molecular weight excluding hydrogens is 292 g/mol. The summed E-state index contributed by atoms with van der Waals surface area (Å²) in [5.74, 6) is 1.38. The lowest BCUT2D eigenvalue weighted by Gasteiger charge is -2.31. The van der Waals surface area contributed by atoms with Crippen LogP contribution in [0.1, 0.15) is 24.8 Å². The number of hydrazine groups is 1. The van der Waals surface area contributed by atoms with E-state index in [1.54, 1.807) is 17.0 Å². The van der Waals surface area contributed by atoms with E-state index in [0.29, 0.717) is 23.3 Å². The van der Waals surface area contributed by atoms with Crippen molar-refractivity contribution >= 4 is 11.7 Å². The first-order valence-electron chi connectivity index (χ1n) is 8.00. The summed E-state index contributed by atoms with van der Waals surface area (Å²) >= 11 is 0. The molecule has 1 saturated carbocycles. The average Bonchev–Trinajstić information content (AvgIpc) is 3.02. The summed E-state index contributed by atoms with van der Waals surface area (Å²) in [5.41, 5.74) is 7.01. The van der Waals surface area contributed by atoms with Gasteiger partial charge in [-0.2, -0.15) is 5.26 Å². The predicted octanol–water partition coefficient (Wildman–Crippen LogP) is 0.151. The van der Waals surface area contributed by atoms with Crippen molar-refractivity contribution in [3.63, 3.8) is 0 Å². The minimum absolute atomic E-state index is 0.00747. The van der Waals surface area contributed by atoms with E-state index < -0.39 is 0 Å². The highest BCUT2D eigenvalue weighted by Gasteiger charge is 2.34. The Morgan fingerprint density at radius 3 is 3.13 bits per heavy atom. The van der Waals surface area contributed by atoms with Gasteiger partial charge in [0.15, 0.2) is 0 Å². The number of hydrogen-bond acceptors (Lipinski definition) is 6. The van der Waals surface area contributed by atoms with E-state index in [9.17, 15) is 4.79 Å². The van der Waals surface area contributed by atoms with E-state index in [2.05, 4.69) is 21.2 Å². The Bertz CT molecular complexity index is 596. The lowest BCUT2D eigenvalue weighted by molar-refractivity contribution is -0.120. The summed E-state index contributed by atoms with van der Waals surface area (Å²) in [6.45, 7) is 1.29. The Labute approximate surface area is 136 Å². The molecule has 1 amide bonds. The van der Waals surface area contributed by atoms with Crippen molar-refractivity contribution in [2.75, 3.05) is 25.0 Å². The first kappa shape index (κ1) is 15.7. The van der Waals surface area contributed by atoms with Crippen molar-refractivity contribution < 1.29 is 4.79 Å². The van der Waals surface area contributed by atoms with Crippen molar-refractivity contribution in [2.45, 2.75) is 31.3 Å². The maximum atomic E-state index is 12.2. The zero-order valence-electron chi connectivity index (χ0n) is 13.2. The molecule has 7 nitrogen and oxygen atoms in total. The van der Waals surface area contributed by atoms with E-state index in [1.165, 1.54) is 6.20 Å². The molecule has 1 aliphatic heterocycles. The van der Waals surface area contributed by atoms with Crippen LogP contribution in [0.4, 0.5) is 5.82 Å². The van der Waals surface area contributed by atoms with Gasteiger partial charge < -0.3 is 10.2 Å². The van der Waals surface area contributed by atoms with Gasteiger partial charge in [0.25, 0.3) is 0 Å². The van der Waals surface area contributed by atoms with Crippen LogP contribution in [0.15, 0.2) is 18.3 Å². The molecule has 7 heteroatoms. The molecule has 2 heterocycles. The summed E-state index contributed by atoms with van der Waals surface area (Å²) in [4.78, 5) is 18.2. The van der Waals surface area contributed by atoms with Crippen LogP contribution in [-0.2, 0) is 4.79 Å². The summed E-state index contributed by atoms with van der Waals surface area (Å²) in [7, 11) is 1.83.